The minimum absolute atomic E-state index is 0.197. The summed E-state index contributed by atoms with van der Waals surface area (Å²) in [5, 5.41) is 15.7. The zero-order valence-corrected chi connectivity index (χ0v) is 10.6. The summed E-state index contributed by atoms with van der Waals surface area (Å²) in [6.45, 7) is 0. The van der Waals surface area contributed by atoms with Gasteiger partial charge in [-0.05, 0) is 18.2 Å². The summed E-state index contributed by atoms with van der Waals surface area (Å²) in [5.41, 5.74) is 0.440. The van der Waals surface area contributed by atoms with Gasteiger partial charge in [0.2, 0.25) is 0 Å². The smallest absolute Gasteiger partial charge is 0.255 e. The Hall–Kier alpha value is -2.72. The number of nitrogens with one attached hydrogen (secondary N) is 1. The molecule has 0 fully saturated rings. The molecule has 0 aliphatic rings. The third-order valence-electron chi connectivity index (χ3n) is 2.58. The van der Waals surface area contributed by atoms with E-state index in [-0.39, 0.29) is 16.4 Å². The molecule has 0 bridgehead atoms. The van der Waals surface area contributed by atoms with E-state index in [9.17, 15) is 4.39 Å². The Morgan fingerprint density at radius 1 is 1.35 bits per heavy atom. The van der Waals surface area contributed by atoms with Gasteiger partial charge in [0.1, 0.15) is 23.1 Å². The van der Waals surface area contributed by atoms with Crippen LogP contribution in [0.1, 0.15) is 5.56 Å². The van der Waals surface area contributed by atoms with Crippen LogP contribution in [-0.4, -0.2) is 19.6 Å². The van der Waals surface area contributed by atoms with Crippen LogP contribution in [0.25, 0.3) is 5.78 Å². The summed E-state index contributed by atoms with van der Waals surface area (Å²) in [6, 6.07) is 7.48. The minimum atomic E-state index is -0.551. The third-order valence-corrected chi connectivity index (χ3v) is 2.78. The number of halogens is 2. The van der Waals surface area contributed by atoms with Crippen molar-refractivity contribution in [2.75, 3.05) is 5.32 Å². The van der Waals surface area contributed by atoms with E-state index in [0.717, 1.165) is 6.07 Å². The van der Waals surface area contributed by atoms with Crippen LogP contribution in [0.5, 0.6) is 0 Å². The van der Waals surface area contributed by atoms with Gasteiger partial charge in [0.05, 0.1) is 17.3 Å². The fraction of sp³-hybridized carbons (Fsp3) is 0. The zero-order chi connectivity index (χ0) is 14.1. The highest BCUT2D eigenvalue weighted by atomic mass is 35.5. The van der Waals surface area contributed by atoms with Gasteiger partial charge in [0, 0.05) is 6.07 Å². The Kier molecular flexibility index (Phi) is 2.93. The van der Waals surface area contributed by atoms with Gasteiger partial charge in [-0.15, -0.1) is 0 Å². The molecule has 2 heterocycles. The fourth-order valence-electron chi connectivity index (χ4n) is 1.70. The van der Waals surface area contributed by atoms with Crippen LogP contribution < -0.4 is 5.32 Å². The lowest BCUT2D eigenvalue weighted by molar-refractivity contribution is 0.631. The molecule has 8 heteroatoms. The van der Waals surface area contributed by atoms with Gasteiger partial charge >= 0.3 is 0 Å². The number of nitriles is 1. The van der Waals surface area contributed by atoms with Crippen molar-refractivity contribution in [3.63, 3.8) is 0 Å². The van der Waals surface area contributed by atoms with Crippen molar-refractivity contribution in [3.8, 4) is 6.07 Å². The number of fused-ring (bicyclic) bond motifs is 1. The molecule has 3 aromatic rings. The summed E-state index contributed by atoms with van der Waals surface area (Å²) < 4.78 is 15.2. The molecule has 1 N–H and O–H groups in total. The van der Waals surface area contributed by atoms with Crippen molar-refractivity contribution >= 4 is 28.9 Å². The molecular formula is C12H6ClFN6. The molecule has 2 aromatic heterocycles. The quantitative estimate of drug-likeness (QED) is 0.733. The van der Waals surface area contributed by atoms with Gasteiger partial charge < -0.3 is 5.32 Å². The minimum Gasteiger partial charge on any atom is -0.338 e. The van der Waals surface area contributed by atoms with Crippen LogP contribution >= 0.6 is 11.6 Å². The van der Waals surface area contributed by atoms with Crippen LogP contribution in [-0.2, 0) is 0 Å². The molecule has 0 unspecified atom stereocenters. The van der Waals surface area contributed by atoms with E-state index in [1.54, 1.807) is 0 Å². The number of rotatable bonds is 2. The monoisotopic (exact) mass is 288 g/mol. The van der Waals surface area contributed by atoms with Crippen LogP contribution in [0.2, 0.25) is 5.15 Å². The van der Waals surface area contributed by atoms with E-state index in [4.69, 9.17) is 16.9 Å². The lowest BCUT2D eigenvalue weighted by atomic mass is 10.2. The molecule has 0 atom stereocenters. The Bertz CT molecular complexity index is 838. The molecule has 3 rings (SSSR count). The number of nitrogens with zero attached hydrogens (tertiary/aromatic N) is 5. The fourth-order valence-corrected chi connectivity index (χ4v) is 1.88. The first-order valence-electron chi connectivity index (χ1n) is 5.50. The summed E-state index contributed by atoms with van der Waals surface area (Å²) in [6.07, 6.45) is 1.32. The molecule has 0 spiro atoms. The van der Waals surface area contributed by atoms with Gasteiger partial charge in [-0.3, -0.25) is 0 Å². The lowest BCUT2D eigenvalue weighted by Crippen LogP contribution is -2.03. The van der Waals surface area contributed by atoms with Gasteiger partial charge in [0.25, 0.3) is 5.78 Å². The van der Waals surface area contributed by atoms with Crippen molar-refractivity contribution in [2.24, 2.45) is 0 Å². The Morgan fingerprint density at radius 3 is 2.95 bits per heavy atom. The Balaban J connectivity index is 2.05. The maximum absolute atomic E-state index is 13.8. The Labute approximate surface area is 117 Å². The van der Waals surface area contributed by atoms with E-state index in [0.29, 0.717) is 11.6 Å². The predicted molar refractivity (Wildman–Crippen MR) is 70.2 cm³/mol. The van der Waals surface area contributed by atoms with Crippen molar-refractivity contribution < 1.29 is 4.39 Å². The average molecular weight is 289 g/mol. The average Bonchev–Trinajstić information content (AvgIpc) is 2.89. The van der Waals surface area contributed by atoms with Gasteiger partial charge in [-0.25, -0.2) is 4.39 Å². The topological polar surface area (TPSA) is 78.9 Å². The summed E-state index contributed by atoms with van der Waals surface area (Å²) in [7, 11) is 0. The molecular weight excluding hydrogens is 283 g/mol. The van der Waals surface area contributed by atoms with Crippen LogP contribution in [0.3, 0.4) is 0 Å². The predicted octanol–water partition coefficient (Wildman–Crippen LogP) is 2.53. The molecule has 1 aromatic carbocycles. The second-order valence-electron chi connectivity index (χ2n) is 3.87. The highest BCUT2D eigenvalue weighted by Crippen LogP contribution is 2.22. The first-order chi connectivity index (χ1) is 9.67. The van der Waals surface area contributed by atoms with Crippen molar-refractivity contribution in [3.05, 3.63) is 47.1 Å². The van der Waals surface area contributed by atoms with Crippen molar-refractivity contribution in [2.45, 2.75) is 0 Å². The van der Waals surface area contributed by atoms with E-state index >= 15 is 0 Å². The first-order valence-corrected chi connectivity index (χ1v) is 5.88. The summed E-state index contributed by atoms with van der Waals surface area (Å²) in [5.74, 6) is 0.167. The molecule has 0 radical (unpaired) electrons. The standard InChI is InChI=1S/C12H6ClFN6/c13-10-4-11(20-12(19-10)16-6-17-20)18-9-2-1-7(5-15)3-8(9)14/h1-4,6,18H. The second-order valence-corrected chi connectivity index (χ2v) is 4.25. The normalized spacial score (nSPS) is 10.4. The van der Waals surface area contributed by atoms with Gasteiger partial charge in [0.15, 0.2) is 0 Å². The van der Waals surface area contributed by atoms with E-state index in [2.05, 4.69) is 20.4 Å². The SMILES string of the molecule is N#Cc1ccc(Nc2cc(Cl)nc3ncnn23)c(F)c1. The molecule has 98 valence electrons. The van der Waals surface area contributed by atoms with Crippen LogP contribution in [0, 0.1) is 17.1 Å². The number of anilines is 2. The molecule has 0 amide bonds. The highest BCUT2D eigenvalue weighted by Gasteiger charge is 2.09. The maximum Gasteiger partial charge on any atom is 0.255 e. The largest absolute Gasteiger partial charge is 0.338 e. The third kappa shape index (κ3) is 2.13. The van der Waals surface area contributed by atoms with Crippen molar-refractivity contribution in [1.82, 2.24) is 19.6 Å². The molecule has 20 heavy (non-hydrogen) atoms. The highest BCUT2D eigenvalue weighted by molar-refractivity contribution is 6.29. The van der Waals surface area contributed by atoms with Crippen molar-refractivity contribution in [1.29, 1.82) is 5.26 Å². The first kappa shape index (κ1) is 12.3. The second kappa shape index (κ2) is 4.75. The van der Waals surface area contributed by atoms with Gasteiger partial charge in [-0.2, -0.15) is 24.8 Å². The maximum atomic E-state index is 13.8. The molecule has 0 aliphatic carbocycles. The molecule has 0 saturated heterocycles. The molecule has 0 aliphatic heterocycles. The number of benzene rings is 1. The molecule has 6 nitrogen and oxygen atoms in total. The van der Waals surface area contributed by atoms with Crippen LogP contribution in [0.4, 0.5) is 15.9 Å². The summed E-state index contributed by atoms with van der Waals surface area (Å²) >= 11 is 5.87. The Morgan fingerprint density at radius 2 is 2.20 bits per heavy atom. The number of hydrogen-bond donors (Lipinski definition) is 1. The van der Waals surface area contributed by atoms with E-state index in [1.807, 2.05) is 6.07 Å². The number of aromatic nitrogens is 4. The van der Waals surface area contributed by atoms with E-state index in [1.165, 1.54) is 29.0 Å². The molecule has 0 saturated carbocycles. The number of hydrogen-bond acceptors (Lipinski definition) is 5. The van der Waals surface area contributed by atoms with Crippen LogP contribution in [0.15, 0.2) is 30.6 Å². The summed E-state index contributed by atoms with van der Waals surface area (Å²) in [4.78, 5) is 7.88. The van der Waals surface area contributed by atoms with E-state index < -0.39 is 5.82 Å². The lowest BCUT2D eigenvalue weighted by Gasteiger charge is -2.09. The zero-order valence-electron chi connectivity index (χ0n) is 9.88. The van der Waals surface area contributed by atoms with Gasteiger partial charge in [-0.1, -0.05) is 11.6 Å².